The maximum atomic E-state index is 11.8. The molecule has 20 heavy (non-hydrogen) atoms. The molecule has 0 bridgehead atoms. The van der Waals surface area contributed by atoms with E-state index in [0.29, 0.717) is 5.75 Å². The lowest BCUT2D eigenvalue weighted by molar-refractivity contribution is 0.412. The lowest BCUT2D eigenvalue weighted by atomic mass is 10.2. The van der Waals surface area contributed by atoms with E-state index in [0.717, 1.165) is 33.9 Å². The predicted octanol–water partition coefficient (Wildman–Crippen LogP) is 3.60. The molecule has 0 heterocycles. The topological polar surface area (TPSA) is 55.4 Å². The van der Waals surface area contributed by atoms with Gasteiger partial charge in [0.1, 0.15) is 5.75 Å². The lowest BCUT2D eigenvalue weighted by Gasteiger charge is -2.22. The highest BCUT2D eigenvalue weighted by molar-refractivity contribution is 9.11. The number of methoxy groups -OCH3 is 1. The summed E-state index contributed by atoms with van der Waals surface area (Å²) >= 11 is 6.91. The van der Waals surface area contributed by atoms with Gasteiger partial charge < -0.3 is 10.1 Å². The standard InChI is InChI=1S/C13H17Br2NO3S/c1-19-12-7-11(8(14)6-9(12)15)16-10-4-3-5-13(10)20(2,17)18/h6-7,10,13,16H,3-5H2,1-2H3. The van der Waals surface area contributed by atoms with E-state index in [2.05, 4.69) is 37.2 Å². The zero-order chi connectivity index (χ0) is 14.9. The molecule has 0 aromatic heterocycles. The largest absolute Gasteiger partial charge is 0.495 e. The van der Waals surface area contributed by atoms with Gasteiger partial charge in [0.25, 0.3) is 0 Å². The number of nitrogens with one attached hydrogen (secondary N) is 1. The summed E-state index contributed by atoms with van der Waals surface area (Å²) in [6.45, 7) is 0. The Morgan fingerprint density at radius 2 is 1.95 bits per heavy atom. The normalized spacial score (nSPS) is 22.8. The van der Waals surface area contributed by atoms with Gasteiger partial charge in [-0.2, -0.15) is 0 Å². The van der Waals surface area contributed by atoms with E-state index in [9.17, 15) is 8.42 Å². The molecule has 1 aromatic carbocycles. The number of ether oxygens (including phenoxy) is 1. The van der Waals surface area contributed by atoms with Crippen LogP contribution in [0.1, 0.15) is 19.3 Å². The molecule has 112 valence electrons. The summed E-state index contributed by atoms with van der Waals surface area (Å²) in [5.41, 5.74) is 0.852. The molecule has 2 atom stereocenters. The monoisotopic (exact) mass is 425 g/mol. The molecule has 0 amide bonds. The summed E-state index contributed by atoms with van der Waals surface area (Å²) in [5.74, 6) is 0.713. The van der Waals surface area contributed by atoms with Crippen molar-refractivity contribution in [2.24, 2.45) is 0 Å². The average Bonchev–Trinajstić information content (AvgIpc) is 2.80. The predicted molar refractivity (Wildman–Crippen MR) is 88.3 cm³/mol. The summed E-state index contributed by atoms with van der Waals surface area (Å²) in [4.78, 5) is 0. The highest BCUT2D eigenvalue weighted by Gasteiger charge is 2.35. The van der Waals surface area contributed by atoms with Crippen LogP contribution in [0.2, 0.25) is 0 Å². The van der Waals surface area contributed by atoms with Crippen LogP contribution in [0.25, 0.3) is 0 Å². The molecule has 1 aromatic rings. The van der Waals surface area contributed by atoms with Crippen LogP contribution in [0.3, 0.4) is 0 Å². The van der Waals surface area contributed by atoms with Crippen molar-refractivity contribution < 1.29 is 13.2 Å². The van der Waals surface area contributed by atoms with Gasteiger partial charge in [-0.1, -0.05) is 0 Å². The van der Waals surface area contributed by atoms with Crippen LogP contribution in [0, 0.1) is 0 Å². The van der Waals surface area contributed by atoms with E-state index in [4.69, 9.17) is 4.74 Å². The molecule has 0 spiro atoms. The van der Waals surface area contributed by atoms with Gasteiger partial charge in [-0.05, 0) is 57.2 Å². The molecule has 1 N–H and O–H groups in total. The Bertz CT molecular complexity index is 604. The maximum absolute atomic E-state index is 11.8. The Morgan fingerprint density at radius 1 is 1.25 bits per heavy atom. The van der Waals surface area contributed by atoms with E-state index < -0.39 is 9.84 Å². The van der Waals surface area contributed by atoms with Crippen LogP contribution >= 0.6 is 31.9 Å². The van der Waals surface area contributed by atoms with E-state index in [1.807, 2.05) is 12.1 Å². The number of halogens is 2. The van der Waals surface area contributed by atoms with Crippen molar-refractivity contribution in [3.63, 3.8) is 0 Å². The van der Waals surface area contributed by atoms with Gasteiger partial charge in [0, 0.05) is 22.8 Å². The summed E-state index contributed by atoms with van der Waals surface area (Å²) in [5, 5.41) is 3.03. The van der Waals surface area contributed by atoms with Crippen LogP contribution in [0.4, 0.5) is 5.69 Å². The molecule has 2 rings (SSSR count). The van der Waals surface area contributed by atoms with Crippen molar-refractivity contribution in [1.82, 2.24) is 0 Å². The first-order valence-corrected chi connectivity index (χ1v) is 9.85. The van der Waals surface area contributed by atoms with E-state index >= 15 is 0 Å². The Labute approximate surface area is 136 Å². The summed E-state index contributed by atoms with van der Waals surface area (Å²) < 4.78 is 30.6. The SMILES string of the molecule is COc1cc(NC2CCCC2S(C)(=O)=O)c(Br)cc1Br. The second kappa shape index (κ2) is 6.23. The first kappa shape index (κ1) is 16.1. The molecule has 2 unspecified atom stereocenters. The molecule has 0 saturated heterocycles. The lowest BCUT2D eigenvalue weighted by Crippen LogP contribution is -2.34. The number of hydrogen-bond donors (Lipinski definition) is 1. The molecule has 1 aliphatic rings. The van der Waals surface area contributed by atoms with Gasteiger partial charge in [0.2, 0.25) is 0 Å². The minimum Gasteiger partial charge on any atom is -0.495 e. The van der Waals surface area contributed by atoms with Crippen LogP contribution in [0.15, 0.2) is 21.1 Å². The fraction of sp³-hybridized carbons (Fsp3) is 0.538. The first-order valence-electron chi connectivity index (χ1n) is 6.31. The van der Waals surface area contributed by atoms with Gasteiger partial charge >= 0.3 is 0 Å². The minimum atomic E-state index is -3.03. The van der Waals surface area contributed by atoms with Crippen molar-refractivity contribution in [2.45, 2.75) is 30.6 Å². The molecule has 7 heteroatoms. The zero-order valence-electron chi connectivity index (χ0n) is 11.3. The van der Waals surface area contributed by atoms with Gasteiger partial charge in [0.15, 0.2) is 9.84 Å². The highest BCUT2D eigenvalue weighted by Crippen LogP contribution is 2.37. The van der Waals surface area contributed by atoms with Crippen LogP contribution in [-0.4, -0.2) is 33.1 Å². The minimum absolute atomic E-state index is 0.0489. The van der Waals surface area contributed by atoms with Gasteiger partial charge in [-0.3, -0.25) is 0 Å². The Balaban J connectivity index is 2.26. The van der Waals surface area contributed by atoms with E-state index in [1.54, 1.807) is 7.11 Å². The number of anilines is 1. The summed E-state index contributed by atoms with van der Waals surface area (Å²) in [7, 11) is -1.42. The first-order chi connectivity index (χ1) is 9.32. The number of rotatable bonds is 4. The van der Waals surface area contributed by atoms with Crippen molar-refractivity contribution in [1.29, 1.82) is 0 Å². The van der Waals surface area contributed by atoms with Gasteiger partial charge in [-0.15, -0.1) is 0 Å². The number of hydrogen-bond acceptors (Lipinski definition) is 4. The van der Waals surface area contributed by atoms with Crippen LogP contribution in [-0.2, 0) is 9.84 Å². The third kappa shape index (κ3) is 3.49. The second-order valence-electron chi connectivity index (χ2n) is 5.02. The fourth-order valence-corrected chi connectivity index (χ4v) is 5.27. The van der Waals surface area contributed by atoms with Gasteiger partial charge in [-0.25, -0.2) is 8.42 Å². The number of sulfone groups is 1. The van der Waals surface area contributed by atoms with Gasteiger partial charge in [0.05, 0.1) is 22.5 Å². The quantitative estimate of drug-likeness (QED) is 0.798. The van der Waals surface area contributed by atoms with E-state index in [1.165, 1.54) is 6.26 Å². The summed E-state index contributed by atoms with van der Waals surface area (Å²) in [6.07, 6.45) is 3.83. The molecule has 1 saturated carbocycles. The fourth-order valence-electron chi connectivity index (χ4n) is 2.60. The molecule has 0 radical (unpaired) electrons. The zero-order valence-corrected chi connectivity index (χ0v) is 15.3. The van der Waals surface area contributed by atoms with E-state index in [-0.39, 0.29) is 11.3 Å². The van der Waals surface area contributed by atoms with Crippen molar-refractivity contribution in [2.75, 3.05) is 18.7 Å². The van der Waals surface area contributed by atoms with Crippen LogP contribution < -0.4 is 10.1 Å². The molecule has 0 aliphatic heterocycles. The maximum Gasteiger partial charge on any atom is 0.152 e. The molecule has 4 nitrogen and oxygen atoms in total. The van der Waals surface area contributed by atoms with Crippen molar-refractivity contribution >= 4 is 47.4 Å². The molecular weight excluding hydrogens is 410 g/mol. The van der Waals surface area contributed by atoms with Crippen molar-refractivity contribution in [3.05, 3.63) is 21.1 Å². The molecular formula is C13H17Br2NO3S. The molecule has 1 aliphatic carbocycles. The third-order valence-corrected chi connectivity index (χ3v) is 6.52. The Hall–Kier alpha value is -0.270. The van der Waals surface area contributed by atoms with Crippen LogP contribution in [0.5, 0.6) is 5.75 Å². The Morgan fingerprint density at radius 3 is 2.55 bits per heavy atom. The average molecular weight is 427 g/mol. The highest BCUT2D eigenvalue weighted by atomic mass is 79.9. The number of benzene rings is 1. The second-order valence-corrected chi connectivity index (χ2v) is 8.99. The third-order valence-electron chi connectivity index (χ3n) is 3.58. The van der Waals surface area contributed by atoms with Crippen molar-refractivity contribution in [3.8, 4) is 5.75 Å². The molecule has 1 fully saturated rings. The Kier molecular flexibility index (Phi) is 5.02. The smallest absolute Gasteiger partial charge is 0.152 e. The summed E-state index contributed by atoms with van der Waals surface area (Å²) in [6, 6.07) is 3.71.